The van der Waals surface area contributed by atoms with Crippen LogP contribution >= 0.6 is 40.2 Å². The SMILES string of the molecule is CC(C)(C)OC(=O)NC1CCCC(S)C1.Clc1[nH]cnc1-c1ccc(Br)cc1. The molecule has 1 aliphatic carbocycles. The summed E-state index contributed by atoms with van der Waals surface area (Å²) in [7, 11) is 0. The van der Waals surface area contributed by atoms with E-state index in [0.717, 1.165) is 41.4 Å². The number of hydrogen-bond acceptors (Lipinski definition) is 4. The molecule has 154 valence electrons. The van der Waals surface area contributed by atoms with Gasteiger partial charge in [-0.2, -0.15) is 12.6 Å². The van der Waals surface area contributed by atoms with Gasteiger partial charge in [0.2, 0.25) is 0 Å². The van der Waals surface area contributed by atoms with E-state index in [0.29, 0.717) is 10.4 Å². The summed E-state index contributed by atoms with van der Waals surface area (Å²) in [6.07, 6.45) is 5.54. The van der Waals surface area contributed by atoms with Crippen LogP contribution < -0.4 is 5.32 Å². The molecule has 1 aliphatic rings. The number of rotatable bonds is 2. The number of amides is 1. The van der Waals surface area contributed by atoms with E-state index in [2.05, 4.69) is 43.8 Å². The van der Waals surface area contributed by atoms with Crippen LogP contribution in [0.3, 0.4) is 0 Å². The van der Waals surface area contributed by atoms with Gasteiger partial charge in [-0.3, -0.25) is 0 Å². The van der Waals surface area contributed by atoms with Crippen LogP contribution in [-0.4, -0.2) is 33.0 Å². The predicted molar refractivity (Wildman–Crippen MR) is 121 cm³/mol. The van der Waals surface area contributed by atoms with Crippen LogP contribution in [-0.2, 0) is 4.74 Å². The van der Waals surface area contributed by atoms with Gasteiger partial charge in [0.05, 0.1) is 6.33 Å². The van der Waals surface area contributed by atoms with E-state index >= 15 is 0 Å². The number of halogens is 2. The Morgan fingerprint density at radius 1 is 1.32 bits per heavy atom. The number of H-pyrrole nitrogens is 1. The number of aromatic nitrogens is 2. The zero-order chi connectivity index (χ0) is 20.7. The smallest absolute Gasteiger partial charge is 0.407 e. The molecule has 28 heavy (non-hydrogen) atoms. The van der Waals surface area contributed by atoms with Crippen molar-refractivity contribution >= 4 is 46.3 Å². The van der Waals surface area contributed by atoms with Gasteiger partial charge in [-0.25, -0.2) is 9.78 Å². The van der Waals surface area contributed by atoms with Crippen molar-refractivity contribution in [2.24, 2.45) is 0 Å². The average Bonchev–Trinajstić information content (AvgIpc) is 3.00. The third-order valence-electron chi connectivity index (χ3n) is 4.08. The molecule has 0 spiro atoms. The molecular weight excluding hydrogens is 462 g/mol. The number of imidazole rings is 1. The van der Waals surface area contributed by atoms with Crippen molar-refractivity contribution in [1.82, 2.24) is 15.3 Å². The number of carbonyl (C=O) groups is 1. The molecule has 1 fully saturated rings. The highest BCUT2D eigenvalue weighted by Crippen LogP contribution is 2.25. The minimum Gasteiger partial charge on any atom is -0.444 e. The summed E-state index contributed by atoms with van der Waals surface area (Å²) in [4.78, 5) is 18.4. The average molecular weight is 489 g/mol. The first-order valence-electron chi connectivity index (χ1n) is 9.26. The molecule has 1 aromatic heterocycles. The van der Waals surface area contributed by atoms with E-state index in [1.807, 2.05) is 45.0 Å². The second-order valence-corrected chi connectivity index (χ2v) is 9.76. The molecule has 0 radical (unpaired) electrons. The second-order valence-electron chi connectivity index (χ2n) is 7.74. The molecule has 1 aromatic carbocycles. The molecule has 1 amide bonds. The summed E-state index contributed by atoms with van der Waals surface area (Å²) >= 11 is 13.7. The Morgan fingerprint density at radius 2 is 2.00 bits per heavy atom. The largest absolute Gasteiger partial charge is 0.444 e. The molecular formula is C20H27BrClN3O2S. The van der Waals surface area contributed by atoms with Crippen molar-refractivity contribution in [3.63, 3.8) is 0 Å². The molecule has 2 N–H and O–H groups in total. The molecule has 2 atom stereocenters. The summed E-state index contributed by atoms with van der Waals surface area (Å²) in [6, 6.07) is 8.08. The van der Waals surface area contributed by atoms with Crippen molar-refractivity contribution in [3.05, 3.63) is 40.2 Å². The van der Waals surface area contributed by atoms with Gasteiger partial charge in [0.1, 0.15) is 16.4 Å². The van der Waals surface area contributed by atoms with Gasteiger partial charge in [0.15, 0.2) is 0 Å². The lowest BCUT2D eigenvalue weighted by atomic mass is 9.95. The fourth-order valence-electron chi connectivity index (χ4n) is 2.86. The monoisotopic (exact) mass is 487 g/mol. The van der Waals surface area contributed by atoms with E-state index in [4.69, 9.17) is 16.3 Å². The van der Waals surface area contributed by atoms with Gasteiger partial charge in [0, 0.05) is 21.3 Å². The molecule has 2 aromatic rings. The highest BCUT2D eigenvalue weighted by atomic mass is 79.9. The number of aromatic amines is 1. The molecule has 1 heterocycles. The van der Waals surface area contributed by atoms with Gasteiger partial charge in [0.25, 0.3) is 0 Å². The van der Waals surface area contributed by atoms with E-state index in [-0.39, 0.29) is 12.1 Å². The fraction of sp³-hybridized carbons (Fsp3) is 0.500. The van der Waals surface area contributed by atoms with Crippen LogP contribution in [0.2, 0.25) is 5.15 Å². The van der Waals surface area contributed by atoms with Crippen molar-refractivity contribution < 1.29 is 9.53 Å². The summed E-state index contributed by atoms with van der Waals surface area (Å²) < 4.78 is 6.25. The number of nitrogens with zero attached hydrogens (tertiary/aromatic N) is 1. The lowest BCUT2D eigenvalue weighted by molar-refractivity contribution is 0.0494. The van der Waals surface area contributed by atoms with E-state index < -0.39 is 5.60 Å². The number of hydrogen-bond donors (Lipinski definition) is 3. The summed E-state index contributed by atoms with van der Waals surface area (Å²) in [5.41, 5.74) is 1.38. The third kappa shape index (κ3) is 8.05. The summed E-state index contributed by atoms with van der Waals surface area (Å²) in [5, 5.41) is 3.88. The summed E-state index contributed by atoms with van der Waals surface area (Å²) in [6.45, 7) is 5.61. The van der Waals surface area contributed by atoms with Gasteiger partial charge in [-0.1, -0.05) is 46.1 Å². The lowest BCUT2D eigenvalue weighted by Gasteiger charge is -2.28. The molecule has 0 bridgehead atoms. The Hall–Kier alpha value is -1.18. The summed E-state index contributed by atoms with van der Waals surface area (Å²) in [5.74, 6) is 0. The van der Waals surface area contributed by atoms with Gasteiger partial charge >= 0.3 is 6.09 Å². The van der Waals surface area contributed by atoms with Crippen molar-refractivity contribution in [1.29, 1.82) is 0 Å². The molecule has 5 nitrogen and oxygen atoms in total. The minimum atomic E-state index is -0.418. The second kappa shape index (κ2) is 10.6. The van der Waals surface area contributed by atoms with Gasteiger partial charge < -0.3 is 15.0 Å². The molecule has 3 rings (SSSR count). The first kappa shape index (κ1) is 23.1. The zero-order valence-corrected chi connectivity index (χ0v) is 19.6. The lowest BCUT2D eigenvalue weighted by Crippen LogP contribution is -2.41. The number of benzene rings is 1. The van der Waals surface area contributed by atoms with Crippen molar-refractivity contribution in [3.8, 4) is 11.3 Å². The Balaban J connectivity index is 0.000000202. The van der Waals surface area contributed by atoms with Crippen LogP contribution in [0.4, 0.5) is 4.79 Å². The normalized spacial score (nSPS) is 19.4. The van der Waals surface area contributed by atoms with Crippen molar-refractivity contribution in [2.75, 3.05) is 0 Å². The zero-order valence-electron chi connectivity index (χ0n) is 16.3. The molecule has 8 heteroatoms. The predicted octanol–water partition coefficient (Wildman–Crippen LogP) is 6.24. The highest BCUT2D eigenvalue weighted by molar-refractivity contribution is 9.10. The van der Waals surface area contributed by atoms with Gasteiger partial charge in [-0.05, 0) is 52.2 Å². The molecule has 0 aliphatic heterocycles. The maximum absolute atomic E-state index is 11.5. The van der Waals surface area contributed by atoms with E-state index in [9.17, 15) is 4.79 Å². The molecule has 2 unspecified atom stereocenters. The van der Waals surface area contributed by atoms with Crippen LogP contribution in [0.25, 0.3) is 11.3 Å². The first-order chi connectivity index (χ1) is 13.1. The Bertz CT molecular complexity index is 762. The number of thiol groups is 1. The minimum absolute atomic E-state index is 0.232. The van der Waals surface area contributed by atoms with Crippen LogP contribution in [0, 0.1) is 0 Å². The first-order valence-corrected chi connectivity index (χ1v) is 10.9. The van der Waals surface area contributed by atoms with Gasteiger partial charge in [-0.15, -0.1) is 0 Å². The fourth-order valence-corrected chi connectivity index (χ4v) is 3.76. The van der Waals surface area contributed by atoms with E-state index in [1.54, 1.807) is 6.33 Å². The quantitative estimate of drug-likeness (QED) is 0.438. The van der Waals surface area contributed by atoms with Crippen LogP contribution in [0.5, 0.6) is 0 Å². The Kier molecular flexibility index (Phi) is 8.71. The van der Waals surface area contributed by atoms with Crippen molar-refractivity contribution in [2.45, 2.75) is 63.3 Å². The number of nitrogens with one attached hydrogen (secondary N) is 2. The number of carbonyl (C=O) groups excluding carboxylic acids is 1. The van der Waals surface area contributed by atoms with E-state index in [1.165, 1.54) is 0 Å². The Labute approximate surface area is 185 Å². The van der Waals surface area contributed by atoms with Crippen LogP contribution in [0.1, 0.15) is 46.5 Å². The Morgan fingerprint density at radius 3 is 2.54 bits per heavy atom. The standard InChI is InChI=1S/C11H21NO2S.C9H6BrClN2/c1-11(2,3)14-10(13)12-8-5-4-6-9(15)7-8;10-7-3-1-6(2-4-7)8-9(11)13-5-12-8/h8-9,15H,4-7H2,1-3H3,(H,12,13);1-5H,(H,12,13). The molecule has 1 saturated carbocycles. The third-order valence-corrected chi connectivity index (χ3v) is 5.36. The number of alkyl carbamates (subject to hydrolysis) is 1. The maximum atomic E-state index is 11.5. The maximum Gasteiger partial charge on any atom is 0.407 e. The topological polar surface area (TPSA) is 67.0 Å². The highest BCUT2D eigenvalue weighted by Gasteiger charge is 2.23. The number of ether oxygens (including phenoxy) is 1. The molecule has 0 saturated heterocycles. The van der Waals surface area contributed by atoms with Crippen LogP contribution in [0.15, 0.2) is 35.1 Å².